The van der Waals surface area contributed by atoms with Gasteiger partial charge in [0.05, 0.1) is 0 Å². The number of hydrogen-bond donors (Lipinski definition) is 2. The zero-order valence-corrected chi connectivity index (χ0v) is 9.10. The van der Waals surface area contributed by atoms with Crippen molar-refractivity contribution >= 4 is 5.69 Å². The van der Waals surface area contributed by atoms with Crippen LogP contribution in [-0.2, 0) is 0 Å². The Labute approximate surface area is 92.1 Å². The Kier molecular flexibility index (Phi) is 3.80. The lowest BCUT2D eigenvalue weighted by Gasteiger charge is -2.16. The number of halogens is 3. The topological polar surface area (TPSA) is 32.3 Å². The smallest absolute Gasteiger partial charge is 0.382 e. The van der Waals surface area contributed by atoms with Crippen LogP contribution in [0.3, 0.4) is 0 Å². The van der Waals surface area contributed by atoms with Crippen molar-refractivity contribution in [2.45, 2.75) is 26.1 Å². The van der Waals surface area contributed by atoms with Gasteiger partial charge in [0.2, 0.25) is 0 Å². The second-order valence-corrected chi connectivity index (χ2v) is 3.74. The minimum atomic E-state index is -4.58. The molecule has 0 saturated heterocycles. The number of alkyl halides is 3. The first-order chi connectivity index (χ1) is 7.30. The first-order valence-corrected chi connectivity index (χ1v) is 4.86. The maximum absolute atomic E-state index is 12.0. The summed E-state index contributed by atoms with van der Waals surface area (Å²) in [5.41, 5.74) is 2.64. The second kappa shape index (κ2) is 4.74. The lowest BCUT2D eigenvalue weighted by molar-refractivity contribution is -0.198. The molecule has 0 spiro atoms. The van der Waals surface area contributed by atoms with Crippen LogP contribution < -0.4 is 5.32 Å². The van der Waals surface area contributed by atoms with Crippen LogP contribution in [0.2, 0.25) is 0 Å². The molecular formula is C11H14F3NO. The standard InChI is InChI=1S/C11H14F3NO/c1-7-3-4-9(5-8(7)2)15-6-10(16)11(12,13)14/h3-5,10,15-16H,6H2,1-2H3. The molecule has 1 aromatic rings. The Bertz CT molecular complexity index is 363. The van der Waals surface area contributed by atoms with Crippen molar-refractivity contribution in [3.63, 3.8) is 0 Å². The normalized spacial score (nSPS) is 13.6. The summed E-state index contributed by atoms with van der Waals surface area (Å²) in [7, 11) is 0. The van der Waals surface area contributed by atoms with Crippen LogP contribution in [0.1, 0.15) is 11.1 Å². The predicted octanol–water partition coefficient (Wildman–Crippen LogP) is 2.64. The molecule has 2 N–H and O–H groups in total. The highest BCUT2D eigenvalue weighted by atomic mass is 19.4. The maximum atomic E-state index is 12.0. The minimum Gasteiger partial charge on any atom is -0.382 e. The van der Waals surface area contributed by atoms with Crippen molar-refractivity contribution in [2.24, 2.45) is 0 Å². The van der Waals surface area contributed by atoms with Crippen molar-refractivity contribution < 1.29 is 18.3 Å². The van der Waals surface area contributed by atoms with E-state index in [1.54, 1.807) is 12.1 Å². The molecule has 0 heterocycles. The molecule has 0 aliphatic carbocycles. The molecule has 5 heteroatoms. The summed E-state index contributed by atoms with van der Waals surface area (Å²) < 4.78 is 36.0. The number of nitrogens with one attached hydrogen (secondary N) is 1. The van der Waals surface area contributed by atoms with Crippen molar-refractivity contribution in [3.05, 3.63) is 29.3 Å². The first kappa shape index (κ1) is 12.8. The fourth-order valence-corrected chi connectivity index (χ4v) is 1.18. The number of benzene rings is 1. The van der Waals surface area contributed by atoms with Gasteiger partial charge >= 0.3 is 6.18 Å². The molecule has 1 rings (SSSR count). The van der Waals surface area contributed by atoms with Crippen molar-refractivity contribution in [3.8, 4) is 0 Å². The summed E-state index contributed by atoms with van der Waals surface area (Å²) >= 11 is 0. The molecule has 0 bridgehead atoms. The number of anilines is 1. The fourth-order valence-electron chi connectivity index (χ4n) is 1.18. The highest BCUT2D eigenvalue weighted by Gasteiger charge is 2.37. The number of aryl methyl sites for hydroxylation is 2. The maximum Gasteiger partial charge on any atom is 0.416 e. The third-order valence-corrected chi connectivity index (χ3v) is 2.38. The Hall–Kier alpha value is -1.23. The number of aliphatic hydroxyl groups is 1. The van der Waals surface area contributed by atoms with Gasteiger partial charge in [0.15, 0.2) is 6.10 Å². The summed E-state index contributed by atoms with van der Waals surface area (Å²) in [5.74, 6) is 0. The SMILES string of the molecule is Cc1ccc(NCC(O)C(F)(F)F)cc1C. The zero-order valence-electron chi connectivity index (χ0n) is 9.10. The highest BCUT2D eigenvalue weighted by molar-refractivity contribution is 5.48. The molecule has 90 valence electrons. The summed E-state index contributed by atoms with van der Waals surface area (Å²) in [4.78, 5) is 0. The van der Waals surface area contributed by atoms with Crippen molar-refractivity contribution in [2.75, 3.05) is 11.9 Å². The van der Waals surface area contributed by atoms with Crippen LogP contribution >= 0.6 is 0 Å². The van der Waals surface area contributed by atoms with Gasteiger partial charge in [-0.15, -0.1) is 0 Å². The van der Waals surface area contributed by atoms with Gasteiger partial charge in [0.1, 0.15) is 0 Å². The average molecular weight is 233 g/mol. The predicted molar refractivity (Wildman–Crippen MR) is 56.5 cm³/mol. The van der Waals surface area contributed by atoms with E-state index in [0.29, 0.717) is 5.69 Å². The molecule has 0 aliphatic heterocycles. The number of rotatable bonds is 3. The van der Waals surface area contributed by atoms with E-state index >= 15 is 0 Å². The Morgan fingerprint density at radius 1 is 1.25 bits per heavy atom. The molecule has 0 aliphatic rings. The molecule has 1 unspecified atom stereocenters. The van der Waals surface area contributed by atoms with E-state index in [2.05, 4.69) is 5.32 Å². The molecule has 0 radical (unpaired) electrons. The lowest BCUT2D eigenvalue weighted by atomic mass is 10.1. The monoisotopic (exact) mass is 233 g/mol. The van der Waals surface area contributed by atoms with Gasteiger partial charge in [-0.3, -0.25) is 0 Å². The van der Waals surface area contributed by atoms with Gasteiger partial charge in [-0.1, -0.05) is 6.07 Å². The van der Waals surface area contributed by atoms with Gasteiger partial charge in [-0.05, 0) is 37.1 Å². The van der Waals surface area contributed by atoms with E-state index < -0.39 is 18.8 Å². The van der Waals surface area contributed by atoms with Crippen LogP contribution in [0, 0.1) is 13.8 Å². The van der Waals surface area contributed by atoms with Gasteiger partial charge in [0, 0.05) is 12.2 Å². The summed E-state index contributed by atoms with van der Waals surface area (Å²) in [6.45, 7) is 3.26. The zero-order chi connectivity index (χ0) is 12.3. The molecule has 16 heavy (non-hydrogen) atoms. The molecule has 0 fully saturated rings. The fraction of sp³-hybridized carbons (Fsp3) is 0.455. The molecule has 0 amide bonds. The highest BCUT2D eigenvalue weighted by Crippen LogP contribution is 2.21. The lowest BCUT2D eigenvalue weighted by Crippen LogP contribution is -2.35. The third-order valence-electron chi connectivity index (χ3n) is 2.38. The summed E-state index contributed by atoms with van der Waals surface area (Å²) in [6, 6.07) is 5.25. The quantitative estimate of drug-likeness (QED) is 0.841. The molecule has 1 atom stereocenters. The van der Waals surface area contributed by atoms with E-state index in [4.69, 9.17) is 5.11 Å². The molecule has 0 saturated carbocycles. The molecular weight excluding hydrogens is 219 g/mol. The summed E-state index contributed by atoms with van der Waals surface area (Å²) in [6.07, 6.45) is -6.92. The summed E-state index contributed by atoms with van der Waals surface area (Å²) in [5, 5.41) is 11.3. The van der Waals surface area contributed by atoms with E-state index in [0.717, 1.165) is 11.1 Å². The largest absolute Gasteiger partial charge is 0.416 e. The van der Waals surface area contributed by atoms with Crippen LogP contribution in [0.25, 0.3) is 0 Å². The molecule has 1 aromatic carbocycles. The van der Waals surface area contributed by atoms with Crippen LogP contribution in [0.4, 0.5) is 18.9 Å². The number of hydrogen-bond acceptors (Lipinski definition) is 2. The van der Waals surface area contributed by atoms with E-state index in [9.17, 15) is 13.2 Å². The minimum absolute atomic E-state index is 0.536. The van der Waals surface area contributed by atoms with E-state index in [1.165, 1.54) is 0 Å². The second-order valence-electron chi connectivity index (χ2n) is 3.74. The van der Waals surface area contributed by atoms with Gasteiger partial charge in [0.25, 0.3) is 0 Å². The van der Waals surface area contributed by atoms with Crippen molar-refractivity contribution in [1.82, 2.24) is 0 Å². The van der Waals surface area contributed by atoms with E-state index in [-0.39, 0.29) is 0 Å². The third kappa shape index (κ3) is 3.41. The Morgan fingerprint density at radius 2 is 1.88 bits per heavy atom. The molecule has 0 aromatic heterocycles. The average Bonchev–Trinajstić information content (AvgIpc) is 2.18. The Morgan fingerprint density at radius 3 is 2.38 bits per heavy atom. The van der Waals surface area contributed by atoms with Crippen LogP contribution in [0.15, 0.2) is 18.2 Å². The van der Waals surface area contributed by atoms with E-state index in [1.807, 2.05) is 19.9 Å². The van der Waals surface area contributed by atoms with Gasteiger partial charge in [-0.2, -0.15) is 13.2 Å². The van der Waals surface area contributed by atoms with Crippen LogP contribution in [0.5, 0.6) is 0 Å². The Balaban J connectivity index is 2.58. The molecule has 2 nitrogen and oxygen atoms in total. The van der Waals surface area contributed by atoms with Crippen LogP contribution in [-0.4, -0.2) is 23.9 Å². The number of aliphatic hydroxyl groups excluding tert-OH is 1. The van der Waals surface area contributed by atoms with Crippen molar-refractivity contribution in [1.29, 1.82) is 0 Å². The van der Waals surface area contributed by atoms with Gasteiger partial charge in [-0.25, -0.2) is 0 Å². The first-order valence-electron chi connectivity index (χ1n) is 4.86. The van der Waals surface area contributed by atoms with Gasteiger partial charge < -0.3 is 10.4 Å².